The van der Waals surface area contributed by atoms with Gasteiger partial charge in [-0.25, -0.2) is 13.2 Å². The van der Waals surface area contributed by atoms with Crippen LogP contribution < -0.4 is 15.0 Å². The highest BCUT2D eigenvalue weighted by Gasteiger charge is 2.34. The minimum absolute atomic E-state index is 0.0252. The summed E-state index contributed by atoms with van der Waals surface area (Å²) < 4.78 is 58.1. The Labute approximate surface area is 264 Å². The lowest BCUT2D eigenvalue weighted by atomic mass is 9.95. The average molecular weight is 642 g/mol. The van der Waals surface area contributed by atoms with E-state index in [9.17, 15) is 9.50 Å². The van der Waals surface area contributed by atoms with Crippen LogP contribution in [0.2, 0.25) is 5.02 Å². The van der Waals surface area contributed by atoms with Crippen molar-refractivity contribution in [1.82, 2.24) is 20.2 Å². The minimum Gasteiger partial charge on any atom is -0.508 e. The van der Waals surface area contributed by atoms with Gasteiger partial charge in [-0.15, -0.1) is 0 Å². The predicted molar refractivity (Wildman–Crippen MR) is 168 cm³/mol. The summed E-state index contributed by atoms with van der Waals surface area (Å²) in [4.78, 5) is 13.7. The number of hydrogen-bond acceptors (Lipinski definition) is 8. The first-order valence-electron chi connectivity index (χ1n) is 15.5. The molecular weight excluding hydrogens is 607 g/mol. The molecule has 0 amide bonds. The lowest BCUT2D eigenvalue weighted by Crippen LogP contribution is -2.51. The number of nitrogens with zero attached hydrogens (tertiary/aromatic N) is 4. The highest BCUT2D eigenvalue weighted by atomic mass is 35.5. The largest absolute Gasteiger partial charge is 0.508 e. The number of fused-ring (bicyclic) bond motifs is 4. The normalized spacial score (nSPS) is 23.7. The molecule has 4 aromatic rings. The summed E-state index contributed by atoms with van der Waals surface area (Å²) in [5, 5.41) is 14.4. The maximum absolute atomic E-state index is 16.7. The summed E-state index contributed by atoms with van der Waals surface area (Å²) in [6.45, 7) is 8.29. The van der Waals surface area contributed by atoms with Crippen molar-refractivity contribution in [1.29, 1.82) is 0 Å². The van der Waals surface area contributed by atoms with Crippen molar-refractivity contribution in [2.45, 2.75) is 57.4 Å². The van der Waals surface area contributed by atoms with Gasteiger partial charge in [0.2, 0.25) is 0 Å². The van der Waals surface area contributed by atoms with Gasteiger partial charge in [-0.2, -0.15) is 9.97 Å². The number of hydrogen-bond donors (Lipinski definition) is 2. The van der Waals surface area contributed by atoms with E-state index in [0.717, 1.165) is 38.5 Å². The highest BCUT2D eigenvalue weighted by molar-refractivity contribution is 6.35. The molecule has 0 aliphatic carbocycles. The molecule has 1 aromatic heterocycles. The maximum atomic E-state index is 16.7. The van der Waals surface area contributed by atoms with Crippen LogP contribution in [-0.4, -0.2) is 83.6 Å². The third-order valence-corrected chi connectivity index (χ3v) is 9.26. The number of phenolic OH excluding ortho intramolecular Hbond substituents is 1. The van der Waals surface area contributed by atoms with E-state index >= 15 is 8.78 Å². The van der Waals surface area contributed by atoms with Crippen LogP contribution in [-0.2, 0) is 4.74 Å². The first-order valence-corrected chi connectivity index (χ1v) is 15.8. The number of morpholine rings is 1. The predicted octanol–water partition coefficient (Wildman–Crippen LogP) is 6.05. The number of halogens is 4. The number of rotatable bonds is 7. The van der Waals surface area contributed by atoms with Crippen LogP contribution in [0.4, 0.5) is 19.0 Å². The summed E-state index contributed by atoms with van der Waals surface area (Å²) in [6, 6.07) is 6.92. The Balaban J connectivity index is 1.29. The van der Waals surface area contributed by atoms with E-state index in [1.807, 2.05) is 0 Å². The number of aromatic hydroxyl groups is 1. The second kappa shape index (κ2) is 12.1. The van der Waals surface area contributed by atoms with Crippen molar-refractivity contribution < 1.29 is 27.8 Å². The fourth-order valence-corrected chi connectivity index (χ4v) is 7.47. The number of piperazine rings is 1. The third-order valence-electron chi connectivity index (χ3n) is 8.96. The fraction of sp³-hybridized carbons (Fsp3) is 0.455. The molecule has 4 unspecified atom stereocenters. The molecule has 238 valence electrons. The van der Waals surface area contributed by atoms with Crippen molar-refractivity contribution in [3.63, 3.8) is 0 Å². The molecule has 3 saturated heterocycles. The SMILES string of the molecule is CC1CN(CCCOc2nc(N3CC4CCC(C3)N4)c3cc(Cl)c(-c4cc(O)cc5ccc(F)c(F)c45)c(F)c3n2)CC(C)O1. The van der Waals surface area contributed by atoms with Gasteiger partial charge in [0.15, 0.2) is 17.5 Å². The molecule has 3 aliphatic rings. The quantitative estimate of drug-likeness (QED) is 0.236. The van der Waals surface area contributed by atoms with Gasteiger partial charge < -0.3 is 24.8 Å². The molecule has 4 heterocycles. The van der Waals surface area contributed by atoms with E-state index in [-0.39, 0.29) is 68.5 Å². The molecule has 0 spiro atoms. The summed E-state index contributed by atoms with van der Waals surface area (Å²) in [6.07, 6.45) is 3.11. The second-order valence-corrected chi connectivity index (χ2v) is 12.9. The van der Waals surface area contributed by atoms with Gasteiger partial charge in [0.05, 0.1) is 23.8 Å². The number of nitrogens with one attached hydrogen (secondary N) is 1. The van der Waals surface area contributed by atoms with E-state index in [1.54, 1.807) is 6.07 Å². The molecule has 2 N–H and O–H groups in total. The lowest BCUT2D eigenvalue weighted by Gasteiger charge is -2.35. The molecule has 2 bridgehead atoms. The van der Waals surface area contributed by atoms with E-state index in [0.29, 0.717) is 37.3 Å². The maximum Gasteiger partial charge on any atom is 0.319 e. The molecule has 8 nitrogen and oxygen atoms in total. The van der Waals surface area contributed by atoms with Crippen LogP contribution >= 0.6 is 11.6 Å². The molecule has 3 fully saturated rings. The summed E-state index contributed by atoms with van der Waals surface area (Å²) >= 11 is 6.74. The Morgan fingerprint density at radius 1 is 1.00 bits per heavy atom. The zero-order valence-electron chi connectivity index (χ0n) is 25.1. The van der Waals surface area contributed by atoms with Crippen LogP contribution in [0.1, 0.15) is 33.1 Å². The topological polar surface area (TPSA) is 83.0 Å². The van der Waals surface area contributed by atoms with Crippen molar-refractivity contribution in [3.8, 4) is 22.9 Å². The van der Waals surface area contributed by atoms with E-state index in [1.165, 1.54) is 18.2 Å². The molecular formula is C33H35ClF3N5O3. The Morgan fingerprint density at radius 3 is 2.47 bits per heavy atom. The molecule has 0 radical (unpaired) electrons. The number of ether oxygens (including phenoxy) is 2. The average Bonchev–Trinajstić information content (AvgIpc) is 3.33. The molecule has 7 rings (SSSR count). The standard InChI is InChI=1S/C33H35ClF3N5O3/c1-17-13-41(14-18(2)45-17)8-3-9-44-33-39-31-24(32(40-33)42-15-20-5-6-21(16-42)38-20)12-25(34)28(30(31)37)23-11-22(43)10-19-4-7-26(35)29(36)27(19)23/h4,7,10-12,17-18,20-21,38,43H,3,5-6,8-9,13-16H2,1-2H3. The fourth-order valence-electron chi connectivity index (χ4n) is 7.18. The molecule has 3 aliphatic heterocycles. The van der Waals surface area contributed by atoms with Gasteiger partial charge in [0.1, 0.15) is 17.1 Å². The molecule has 0 saturated carbocycles. The smallest absolute Gasteiger partial charge is 0.319 e. The van der Waals surface area contributed by atoms with Gasteiger partial charge >= 0.3 is 6.01 Å². The minimum atomic E-state index is -1.16. The number of anilines is 1. The first-order chi connectivity index (χ1) is 21.6. The zero-order valence-corrected chi connectivity index (χ0v) is 25.9. The van der Waals surface area contributed by atoms with E-state index in [2.05, 4.69) is 33.9 Å². The number of aromatic nitrogens is 2. The van der Waals surface area contributed by atoms with Gasteiger partial charge in [-0.3, -0.25) is 4.90 Å². The van der Waals surface area contributed by atoms with Crippen LogP contribution in [0, 0.1) is 17.5 Å². The van der Waals surface area contributed by atoms with Crippen molar-refractivity contribution >= 4 is 39.1 Å². The Hall–Kier alpha value is -3.38. The zero-order chi connectivity index (χ0) is 31.4. The molecule has 3 aromatic carbocycles. The Bertz CT molecular complexity index is 1760. The molecule has 12 heteroatoms. The van der Waals surface area contributed by atoms with E-state index in [4.69, 9.17) is 26.1 Å². The first kappa shape index (κ1) is 30.3. The van der Waals surface area contributed by atoms with Crippen molar-refractivity contribution in [2.24, 2.45) is 0 Å². The van der Waals surface area contributed by atoms with Gasteiger partial charge in [-0.05, 0) is 62.8 Å². The Morgan fingerprint density at radius 2 is 1.73 bits per heavy atom. The van der Waals surface area contributed by atoms with Crippen LogP contribution in [0.25, 0.3) is 32.8 Å². The van der Waals surface area contributed by atoms with Crippen LogP contribution in [0.3, 0.4) is 0 Å². The molecule has 4 atom stereocenters. The summed E-state index contributed by atoms with van der Waals surface area (Å²) in [7, 11) is 0. The summed E-state index contributed by atoms with van der Waals surface area (Å²) in [5.74, 6) is -2.83. The van der Waals surface area contributed by atoms with Gasteiger partial charge in [-0.1, -0.05) is 17.7 Å². The lowest BCUT2D eigenvalue weighted by molar-refractivity contribution is -0.0686. The van der Waals surface area contributed by atoms with Gasteiger partial charge in [0, 0.05) is 66.7 Å². The van der Waals surface area contributed by atoms with Crippen molar-refractivity contribution in [2.75, 3.05) is 44.2 Å². The number of phenols is 1. The molecule has 45 heavy (non-hydrogen) atoms. The van der Waals surface area contributed by atoms with Gasteiger partial charge in [0.25, 0.3) is 0 Å². The third kappa shape index (κ3) is 5.87. The van der Waals surface area contributed by atoms with Crippen LogP contribution in [0.5, 0.6) is 11.8 Å². The monoisotopic (exact) mass is 641 g/mol. The van der Waals surface area contributed by atoms with E-state index < -0.39 is 17.5 Å². The van der Waals surface area contributed by atoms with Crippen molar-refractivity contribution in [3.05, 3.63) is 52.8 Å². The summed E-state index contributed by atoms with van der Waals surface area (Å²) in [5.41, 5.74) is -0.325. The second-order valence-electron chi connectivity index (χ2n) is 12.5. The number of benzene rings is 3. The highest BCUT2D eigenvalue weighted by Crippen LogP contribution is 2.43. The van der Waals surface area contributed by atoms with Crippen LogP contribution in [0.15, 0.2) is 30.3 Å². The Kier molecular flexibility index (Phi) is 8.14.